The molecule has 1 nitrogen and oxygen atoms in total. The predicted molar refractivity (Wildman–Crippen MR) is 72.2 cm³/mol. The Morgan fingerprint density at radius 3 is 2.71 bits per heavy atom. The van der Waals surface area contributed by atoms with Gasteiger partial charge >= 0.3 is 0 Å². The third-order valence-electron chi connectivity index (χ3n) is 5.07. The lowest BCUT2D eigenvalue weighted by molar-refractivity contribution is 0.307. The van der Waals surface area contributed by atoms with Gasteiger partial charge in [0.2, 0.25) is 0 Å². The van der Waals surface area contributed by atoms with Gasteiger partial charge in [0.05, 0.1) is 0 Å². The fourth-order valence-corrected chi connectivity index (χ4v) is 4.91. The van der Waals surface area contributed by atoms with E-state index in [9.17, 15) is 0 Å². The van der Waals surface area contributed by atoms with E-state index in [1.807, 2.05) is 11.3 Å². The predicted octanol–water partition coefficient (Wildman–Crippen LogP) is 3.98. The van der Waals surface area contributed by atoms with Gasteiger partial charge in [0.1, 0.15) is 0 Å². The Bertz CT molecular complexity index is 382. The fraction of sp³-hybridized carbons (Fsp3) is 0.733. The van der Waals surface area contributed by atoms with E-state index >= 15 is 0 Å². The monoisotopic (exact) mass is 247 g/mol. The van der Waals surface area contributed by atoms with Crippen LogP contribution in [0.3, 0.4) is 0 Å². The maximum atomic E-state index is 4.02. The van der Waals surface area contributed by atoms with Crippen LogP contribution in [-0.2, 0) is 0 Å². The van der Waals surface area contributed by atoms with Crippen molar-refractivity contribution in [3.63, 3.8) is 0 Å². The van der Waals surface area contributed by atoms with Crippen molar-refractivity contribution in [2.24, 2.45) is 17.8 Å². The zero-order chi connectivity index (χ0) is 11.2. The maximum absolute atomic E-state index is 4.02. The summed E-state index contributed by atoms with van der Waals surface area (Å²) in [6.07, 6.45) is 8.85. The number of fused-ring (bicyclic) bond motifs is 2. The highest BCUT2D eigenvalue weighted by atomic mass is 32.1. The third kappa shape index (κ3) is 1.96. The van der Waals surface area contributed by atoms with Crippen molar-refractivity contribution >= 4 is 11.3 Å². The molecule has 3 fully saturated rings. The summed E-state index contributed by atoms with van der Waals surface area (Å²) in [7, 11) is 0. The van der Waals surface area contributed by atoms with E-state index < -0.39 is 0 Å². The topological polar surface area (TPSA) is 12.0 Å². The van der Waals surface area contributed by atoms with Gasteiger partial charge in [-0.15, -0.1) is 11.3 Å². The summed E-state index contributed by atoms with van der Waals surface area (Å²) < 4.78 is 0. The average Bonchev–Trinajstić information content (AvgIpc) is 2.82. The van der Waals surface area contributed by atoms with Gasteiger partial charge < -0.3 is 5.32 Å². The van der Waals surface area contributed by atoms with E-state index in [4.69, 9.17) is 0 Å². The lowest BCUT2D eigenvalue weighted by Crippen LogP contribution is -2.37. The van der Waals surface area contributed by atoms with Gasteiger partial charge in [-0.05, 0) is 61.3 Å². The first-order chi connectivity index (χ1) is 8.40. The van der Waals surface area contributed by atoms with Crippen molar-refractivity contribution in [3.8, 4) is 0 Å². The van der Waals surface area contributed by atoms with E-state index in [0.717, 1.165) is 23.8 Å². The molecule has 4 atom stereocenters. The number of nitrogens with one attached hydrogen (secondary N) is 1. The molecule has 0 radical (unpaired) electrons. The number of hydrogen-bond acceptors (Lipinski definition) is 2. The minimum atomic E-state index is 0.680. The Balaban J connectivity index is 1.49. The standard InChI is InChI=1S/C15H21NS/c1-2-14(17-7-1)15(11-5-6-11)16-13-9-10-3-4-12(13)8-10/h1-2,7,10-13,15-16H,3-6,8-9H2. The van der Waals surface area contributed by atoms with Crippen LogP contribution in [0, 0.1) is 17.8 Å². The molecule has 1 aromatic heterocycles. The summed E-state index contributed by atoms with van der Waals surface area (Å²) in [5.74, 6) is 3.00. The summed E-state index contributed by atoms with van der Waals surface area (Å²) in [4.78, 5) is 1.58. The molecule has 0 aromatic carbocycles. The Labute approximate surface area is 108 Å². The van der Waals surface area contributed by atoms with Crippen LogP contribution in [0.25, 0.3) is 0 Å². The molecule has 4 rings (SSSR count). The van der Waals surface area contributed by atoms with Crippen LogP contribution in [0.1, 0.15) is 49.4 Å². The van der Waals surface area contributed by atoms with Crippen molar-refractivity contribution in [3.05, 3.63) is 22.4 Å². The number of hydrogen-bond donors (Lipinski definition) is 1. The minimum absolute atomic E-state index is 0.680. The molecule has 3 aliphatic rings. The molecule has 0 spiro atoms. The van der Waals surface area contributed by atoms with Gasteiger partial charge in [-0.1, -0.05) is 12.5 Å². The first-order valence-electron chi connectivity index (χ1n) is 7.19. The zero-order valence-electron chi connectivity index (χ0n) is 10.3. The van der Waals surface area contributed by atoms with Gasteiger partial charge in [-0.3, -0.25) is 0 Å². The molecule has 3 saturated carbocycles. The van der Waals surface area contributed by atoms with Gasteiger partial charge in [-0.2, -0.15) is 0 Å². The first kappa shape index (κ1) is 10.6. The molecule has 1 aromatic rings. The SMILES string of the molecule is c1csc(C(NC2CC3CCC2C3)C2CC2)c1. The fourth-order valence-electron chi connectivity index (χ4n) is 4.03. The Kier molecular flexibility index (Phi) is 2.55. The summed E-state index contributed by atoms with van der Waals surface area (Å²) in [5, 5.41) is 6.25. The molecular formula is C15H21NS. The zero-order valence-corrected chi connectivity index (χ0v) is 11.1. The van der Waals surface area contributed by atoms with Crippen molar-refractivity contribution in [2.75, 3.05) is 0 Å². The average molecular weight is 247 g/mol. The van der Waals surface area contributed by atoms with E-state index in [-0.39, 0.29) is 0 Å². The van der Waals surface area contributed by atoms with Crippen LogP contribution in [0.15, 0.2) is 17.5 Å². The number of thiophene rings is 1. The molecular weight excluding hydrogens is 226 g/mol. The highest BCUT2D eigenvalue weighted by molar-refractivity contribution is 7.10. The van der Waals surface area contributed by atoms with Crippen LogP contribution in [0.5, 0.6) is 0 Å². The second-order valence-corrected chi connectivity index (χ2v) is 7.26. The second kappa shape index (κ2) is 4.10. The summed E-state index contributed by atoms with van der Waals surface area (Å²) in [5.41, 5.74) is 0. The van der Waals surface area contributed by atoms with Gasteiger partial charge in [0.25, 0.3) is 0 Å². The van der Waals surface area contributed by atoms with Gasteiger partial charge in [0, 0.05) is 17.0 Å². The molecule has 17 heavy (non-hydrogen) atoms. The molecule has 0 saturated heterocycles. The van der Waals surface area contributed by atoms with Crippen molar-refractivity contribution < 1.29 is 0 Å². The molecule has 3 aliphatic carbocycles. The smallest absolute Gasteiger partial charge is 0.0445 e. The van der Waals surface area contributed by atoms with E-state index in [0.29, 0.717) is 6.04 Å². The quantitative estimate of drug-likeness (QED) is 0.848. The first-order valence-corrected chi connectivity index (χ1v) is 8.07. The van der Waals surface area contributed by atoms with Crippen LogP contribution in [0.2, 0.25) is 0 Å². The second-order valence-electron chi connectivity index (χ2n) is 6.28. The van der Waals surface area contributed by atoms with Gasteiger partial charge in [0.15, 0.2) is 0 Å². The lowest BCUT2D eigenvalue weighted by atomic mass is 9.94. The highest BCUT2D eigenvalue weighted by Gasteiger charge is 2.42. The van der Waals surface area contributed by atoms with Crippen LogP contribution < -0.4 is 5.32 Å². The molecule has 2 bridgehead atoms. The minimum Gasteiger partial charge on any atom is -0.306 e. The summed E-state index contributed by atoms with van der Waals surface area (Å²) in [6.45, 7) is 0. The van der Waals surface area contributed by atoms with E-state index in [2.05, 4.69) is 22.8 Å². The van der Waals surface area contributed by atoms with Crippen LogP contribution in [-0.4, -0.2) is 6.04 Å². The molecule has 0 amide bonds. The summed E-state index contributed by atoms with van der Waals surface area (Å²) >= 11 is 1.94. The highest BCUT2D eigenvalue weighted by Crippen LogP contribution is 2.48. The van der Waals surface area contributed by atoms with Crippen molar-refractivity contribution in [2.45, 2.75) is 50.6 Å². The van der Waals surface area contributed by atoms with Gasteiger partial charge in [-0.25, -0.2) is 0 Å². The Hall–Kier alpha value is -0.340. The lowest BCUT2D eigenvalue weighted by Gasteiger charge is -2.28. The molecule has 1 heterocycles. The molecule has 92 valence electrons. The molecule has 1 N–H and O–H groups in total. The Morgan fingerprint density at radius 1 is 1.18 bits per heavy atom. The normalized spacial score (nSPS) is 37.5. The van der Waals surface area contributed by atoms with E-state index in [1.54, 1.807) is 4.88 Å². The van der Waals surface area contributed by atoms with E-state index in [1.165, 1.54) is 38.5 Å². The van der Waals surface area contributed by atoms with Crippen molar-refractivity contribution in [1.29, 1.82) is 0 Å². The largest absolute Gasteiger partial charge is 0.306 e. The summed E-state index contributed by atoms with van der Waals surface area (Å²) in [6, 6.07) is 6.05. The van der Waals surface area contributed by atoms with Crippen LogP contribution >= 0.6 is 11.3 Å². The van der Waals surface area contributed by atoms with Crippen LogP contribution in [0.4, 0.5) is 0 Å². The maximum Gasteiger partial charge on any atom is 0.0445 e. The number of rotatable bonds is 4. The van der Waals surface area contributed by atoms with Crippen molar-refractivity contribution in [1.82, 2.24) is 5.32 Å². The molecule has 0 aliphatic heterocycles. The molecule has 2 heteroatoms. The Morgan fingerprint density at radius 2 is 2.12 bits per heavy atom. The molecule has 4 unspecified atom stereocenters. The third-order valence-corrected chi connectivity index (χ3v) is 6.03.